The van der Waals surface area contributed by atoms with Crippen molar-refractivity contribution >= 4 is 18.5 Å². The van der Waals surface area contributed by atoms with Crippen LogP contribution in [0.25, 0.3) is 0 Å². The van der Waals surface area contributed by atoms with E-state index in [4.69, 9.17) is 9.84 Å². The first-order valence-electron chi connectivity index (χ1n) is 3.53. The van der Waals surface area contributed by atoms with Crippen LogP contribution in [-0.2, 0) is 4.74 Å². The Morgan fingerprint density at radius 2 is 2.00 bits per heavy atom. The maximum atomic E-state index is 10.8. The van der Waals surface area contributed by atoms with Gasteiger partial charge in [0.15, 0.2) is 0 Å². The number of amides is 1. The van der Waals surface area contributed by atoms with Gasteiger partial charge in [0.1, 0.15) is 5.60 Å². The molecule has 0 atom stereocenters. The first kappa shape index (κ1) is 14.1. The Morgan fingerprint density at radius 3 is 2.33 bits per heavy atom. The molecule has 0 aliphatic heterocycles. The van der Waals surface area contributed by atoms with Gasteiger partial charge in [-0.1, -0.05) is 0 Å². The molecule has 2 N–H and O–H groups in total. The molecule has 0 saturated heterocycles. The second-order valence-electron chi connectivity index (χ2n) is 3.15. The van der Waals surface area contributed by atoms with Crippen molar-refractivity contribution < 1.29 is 14.6 Å². The van der Waals surface area contributed by atoms with Crippen molar-refractivity contribution in [3.05, 3.63) is 0 Å². The fourth-order valence-corrected chi connectivity index (χ4v) is 0.472. The summed E-state index contributed by atoms with van der Waals surface area (Å²) in [5.74, 6) is 0. The number of alkyl carbamates (subject to hydrolysis) is 1. The summed E-state index contributed by atoms with van der Waals surface area (Å²) in [7, 11) is 0. The molecule has 0 radical (unpaired) electrons. The van der Waals surface area contributed by atoms with Gasteiger partial charge in [0, 0.05) is 6.54 Å². The topological polar surface area (TPSA) is 58.6 Å². The monoisotopic (exact) mass is 197 g/mol. The number of rotatable bonds is 2. The van der Waals surface area contributed by atoms with Crippen molar-refractivity contribution in [2.24, 2.45) is 0 Å². The predicted molar refractivity (Wildman–Crippen MR) is 48.6 cm³/mol. The van der Waals surface area contributed by atoms with E-state index >= 15 is 0 Å². The van der Waals surface area contributed by atoms with E-state index in [0.29, 0.717) is 0 Å². The van der Waals surface area contributed by atoms with Crippen LogP contribution in [0.2, 0.25) is 0 Å². The molecular weight excluding hydrogens is 182 g/mol. The van der Waals surface area contributed by atoms with E-state index in [1.165, 1.54) is 0 Å². The molecule has 0 spiro atoms. The zero-order valence-corrected chi connectivity index (χ0v) is 8.40. The number of carbonyl (C=O) groups excluding carboxylic acids is 1. The van der Waals surface area contributed by atoms with Crippen LogP contribution in [0.3, 0.4) is 0 Å². The Morgan fingerprint density at radius 1 is 1.50 bits per heavy atom. The summed E-state index contributed by atoms with van der Waals surface area (Å²) < 4.78 is 4.88. The molecule has 0 aromatic rings. The molecule has 0 heterocycles. The molecule has 0 fully saturated rings. The van der Waals surface area contributed by atoms with E-state index in [9.17, 15) is 4.79 Å². The van der Waals surface area contributed by atoms with Gasteiger partial charge in [0.2, 0.25) is 0 Å². The number of hydrogen-bond donors (Lipinski definition) is 2. The lowest BCUT2D eigenvalue weighted by Crippen LogP contribution is -2.33. The van der Waals surface area contributed by atoms with E-state index in [2.05, 4.69) is 5.32 Å². The highest BCUT2D eigenvalue weighted by Crippen LogP contribution is 2.05. The van der Waals surface area contributed by atoms with Gasteiger partial charge in [-0.3, -0.25) is 0 Å². The van der Waals surface area contributed by atoms with Gasteiger partial charge in [-0.15, -0.1) is 12.4 Å². The summed E-state index contributed by atoms with van der Waals surface area (Å²) in [4.78, 5) is 10.8. The van der Waals surface area contributed by atoms with Crippen LogP contribution in [0.1, 0.15) is 20.8 Å². The lowest BCUT2D eigenvalue weighted by molar-refractivity contribution is 0.0518. The van der Waals surface area contributed by atoms with Crippen LogP contribution in [0, 0.1) is 0 Å². The number of aliphatic hydroxyl groups is 1. The highest BCUT2D eigenvalue weighted by atomic mass is 35.5. The minimum atomic E-state index is -0.494. The van der Waals surface area contributed by atoms with Gasteiger partial charge in [-0.05, 0) is 20.8 Å². The molecule has 0 aliphatic carbocycles. The molecule has 4 nitrogen and oxygen atoms in total. The summed E-state index contributed by atoms with van der Waals surface area (Å²) in [6.07, 6.45) is -0.494. The van der Waals surface area contributed by atoms with E-state index in [-0.39, 0.29) is 25.6 Å². The summed E-state index contributed by atoms with van der Waals surface area (Å²) in [6, 6.07) is 0. The van der Waals surface area contributed by atoms with Crippen LogP contribution in [0.15, 0.2) is 0 Å². The molecule has 0 unspecified atom stereocenters. The molecular formula is C7H16ClNO3. The van der Waals surface area contributed by atoms with Crippen molar-refractivity contribution in [1.82, 2.24) is 5.32 Å². The molecule has 1 amide bonds. The van der Waals surface area contributed by atoms with Gasteiger partial charge in [0.25, 0.3) is 0 Å². The van der Waals surface area contributed by atoms with Crippen molar-refractivity contribution in [3.63, 3.8) is 0 Å². The number of aliphatic hydroxyl groups excluding tert-OH is 1. The minimum absolute atomic E-state index is 0. The highest BCUT2D eigenvalue weighted by molar-refractivity contribution is 5.85. The molecule has 0 bridgehead atoms. The van der Waals surface area contributed by atoms with Crippen molar-refractivity contribution in [1.29, 1.82) is 0 Å². The van der Waals surface area contributed by atoms with Crippen molar-refractivity contribution in [2.75, 3.05) is 13.2 Å². The van der Waals surface area contributed by atoms with Crippen molar-refractivity contribution in [2.45, 2.75) is 26.4 Å². The summed E-state index contributed by atoms with van der Waals surface area (Å²) in [6.45, 7) is 5.51. The van der Waals surface area contributed by atoms with Crippen LogP contribution in [-0.4, -0.2) is 30.0 Å². The van der Waals surface area contributed by atoms with E-state index in [1.807, 2.05) is 0 Å². The van der Waals surface area contributed by atoms with Gasteiger partial charge in [0.05, 0.1) is 6.61 Å². The SMILES string of the molecule is CC(C)(C)OC(=O)NCCO.Cl. The lowest BCUT2D eigenvalue weighted by atomic mass is 10.2. The van der Waals surface area contributed by atoms with Crippen LogP contribution in [0.4, 0.5) is 4.79 Å². The Labute approximate surface area is 78.7 Å². The molecule has 0 aromatic carbocycles. The third-order valence-electron chi connectivity index (χ3n) is 0.780. The highest BCUT2D eigenvalue weighted by Gasteiger charge is 2.14. The van der Waals surface area contributed by atoms with Gasteiger partial charge < -0.3 is 15.2 Å². The molecule has 5 heteroatoms. The summed E-state index contributed by atoms with van der Waals surface area (Å²) >= 11 is 0. The first-order chi connectivity index (χ1) is 4.95. The minimum Gasteiger partial charge on any atom is -0.444 e. The number of hydrogen-bond acceptors (Lipinski definition) is 3. The third-order valence-corrected chi connectivity index (χ3v) is 0.780. The standard InChI is InChI=1S/C7H15NO3.ClH/c1-7(2,3)11-6(10)8-4-5-9;/h9H,4-5H2,1-3H3,(H,8,10);1H. The van der Waals surface area contributed by atoms with E-state index < -0.39 is 11.7 Å². The van der Waals surface area contributed by atoms with Crippen LogP contribution < -0.4 is 5.32 Å². The smallest absolute Gasteiger partial charge is 0.407 e. The molecule has 0 saturated carbocycles. The molecule has 12 heavy (non-hydrogen) atoms. The number of halogens is 1. The van der Waals surface area contributed by atoms with Crippen LogP contribution in [0.5, 0.6) is 0 Å². The average molecular weight is 198 g/mol. The Balaban J connectivity index is 0. The van der Waals surface area contributed by atoms with Gasteiger partial charge in [-0.25, -0.2) is 4.79 Å². The predicted octanol–water partition coefficient (Wildman–Crippen LogP) is 0.925. The molecule has 0 aromatic heterocycles. The number of nitrogens with one attached hydrogen (secondary N) is 1. The van der Waals surface area contributed by atoms with E-state index in [0.717, 1.165) is 0 Å². The second-order valence-corrected chi connectivity index (χ2v) is 3.15. The summed E-state index contributed by atoms with van der Waals surface area (Å²) in [5, 5.41) is 10.7. The van der Waals surface area contributed by atoms with Gasteiger partial charge >= 0.3 is 6.09 Å². The fraction of sp³-hybridized carbons (Fsp3) is 0.857. The summed E-state index contributed by atoms with van der Waals surface area (Å²) in [5.41, 5.74) is -0.473. The number of carbonyl (C=O) groups is 1. The quantitative estimate of drug-likeness (QED) is 0.693. The Bertz CT molecular complexity index is 133. The largest absolute Gasteiger partial charge is 0.444 e. The van der Waals surface area contributed by atoms with Gasteiger partial charge in [-0.2, -0.15) is 0 Å². The van der Waals surface area contributed by atoms with E-state index in [1.54, 1.807) is 20.8 Å². The number of ether oxygens (including phenoxy) is 1. The lowest BCUT2D eigenvalue weighted by Gasteiger charge is -2.19. The molecule has 0 rings (SSSR count). The normalized spacial score (nSPS) is 10.0. The molecule has 74 valence electrons. The fourth-order valence-electron chi connectivity index (χ4n) is 0.472. The molecule has 0 aliphatic rings. The Kier molecular flexibility index (Phi) is 7.13. The van der Waals surface area contributed by atoms with Crippen LogP contribution >= 0.6 is 12.4 Å². The zero-order valence-electron chi connectivity index (χ0n) is 7.59. The first-order valence-corrected chi connectivity index (χ1v) is 3.53. The zero-order chi connectivity index (χ0) is 8.91. The maximum Gasteiger partial charge on any atom is 0.407 e. The Hall–Kier alpha value is -0.480. The van der Waals surface area contributed by atoms with Crippen molar-refractivity contribution in [3.8, 4) is 0 Å². The maximum absolute atomic E-state index is 10.8. The average Bonchev–Trinajstić information content (AvgIpc) is 1.79. The second kappa shape index (κ2) is 6.08. The third kappa shape index (κ3) is 9.52.